The summed E-state index contributed by atoms with van der Waals surface area (Å²) in [5, 5.41) is 3.70. The molecule has 0 saturated heterocycles. The average molecular weight is 416 g/mol. The van der Waals surface area contributed by atoms with E-state index in [1.165, 1.54) is 12.1 Å². The van der Waals surface area contributed by atoms with E-state index in [1.807, 2.05) is 32.0 Å². The lowest BCUT2D eigenvalue weighted by molar-refractivity contribution is -0.138. The van der Waals surface area contributed by atoms with Crippen molar-refractivity contribution in [2.24, 2.45) is 0 Å². The number of nitrogens with one attached hydrogen (secondary N) is 2. The number of aromatic amines is 1. The molecule has 0 aliphatic rings. The second-order valence-electron chi connectivity index (χ2n) is 7.48. The van der Waals surface area contributed by atoms with Crippen LogP contribution in [0.1, 0.15) is 61.3 Å². The molecule has 0 aliphatic heterocycles. The first-order chi connectivity index (χ1) is 14.4. The summed E-state index contributed by atoms with van der Waals surface area (Å²) in [5.74, 6) is -0.947. The molecule has 0 aliphatic carbocycles. The zero-order chi connectivity index (χ0) is 21.7. The molecule has 0 fully saturated rings. The van der Waals surface area contributed by atoms with Crippen LogP contribution < -0.4 is 5.32 Å². The highest BCUT2D eigenvalue weighted by Crippen LogP contribution is 2.41. The topological polar surface area (TPSA) is 44.9 Å². The summed E-state index contributed by atoms with van der Waals surface area (Å²) in [4.78, 5) is 15.8. The van der Waals surface area contributed by atoms with Crippen molar-refractivity contribution in [2.75, 3.05) is 6.54 Å². The number of halogens is 3. The van der Waals surface area contributed by atoms with Crippen LogP contribution in [-0.2, 0) is 17.4 Å². The Labute approximate surface area is 174 Å². The summed E-state index contributed by atoms with van der Waals surface area (Å²) in [5.41, 5.74) is 2.14. The van der Waals surface area contributed by atoms with Crippen molar-refractivity contribution in [3.63, 3.8) is 0 Å². The molecule has 1 heterocycles. The SMILES string of the molecule is CCCCNC(=O)C[C@H](c1ccccc1C(F)(F)F)c1c[nH]c2c(CC)cccc12. The first kappa shape index (κ1) is 21.9. The number of aromatic nitrogens is 1. The maximum atomic E-state index is 13.8. The molecule has 3 aromatic rings. The number of rotatable bonds is 8. The molecule has 3 nitrogen and oxygen atoms in total. The highest BCUT2D eigenvalue weighted by Gasteiger charge is 2.36. The first-order valence-corrected chi connectivity index (χ1v) is 10.4. The number of hydrogen-bond donors (Lipinski definition) is 2. The highest BCUT2D eigenvalue weighted by molar-refractivity contribution is 5.88. The Balaban J connectivity index is 2.09. The summed E-state index contributed by atoms with van der Waals surface area (Å²) < 4.78 is 41.3. The van der Waals surface area contributed by atoms with Gasteiger partial charge in [0.05, 0.1) is 5.56 Å². The van der Waals surface area contributed by atoms with E-state index in [9.17, 15) is 18.0 Å². The van der Waals surface area contributed by atoms with Gasteiger partial charge in [-0.05, 0) is 35.6 Å². The molecule has 0 radical (unpaired) electrons. The summed E-state index contributed by atoms with van der Waals surface area (Å²) in [6.07, 6.45) is -0.209. The van der Waals surface area contributed by atoms with Crippen LogP contribution in [0.5, 0.6) is 0 Å². The van der Waals surface area contributed by atoms with Crippen LogP contribution in [0.15, 0.2) is 48.7 Å². The van der Waals surface area contributed by atoms with Gasteiger partial charge in [0.1, 0.15) is 0 Å². The number of amides is 1. The minimum atomic E-state index is -4.49. The Morgan fingerprint density at radius 1 is 1.07 bits per heavy atom. The van der Waals surface area contributed by atoms with E-state index in [0.717, 1.165) is 41.8 Å². The molecule has 2 aromatic carbocycles. The van der Waals surface area contributed by atoms with Gasteiger partial charge in [-0.3, -0.25) is 4.79 Å². The molecular weight excluding hydrogens is 389 g/mol. The van der Waals surface area contributed by atoms with Gasteiger partial charge in [-0.2, -0.15) is 13.2 Å². The van der Waals surface area contributed by atoms with Gasteiger partial charge < -0.3 is 10.3 Å². The number of hydrogen-bond acceptors (Lipinski definition) is 1. The minimum Gasteiger partial charge on any atom is -0.361 e. The third-order valence-corrected chi connectivity index (χ3v) is 5.47. The Morgan fingerprint density at radius 3 is 2.53 bits per heavy atom. The van der Waals surface area contributed by atoms with Crippen LogP contribution in [0.2, 0.25) is 0 Å². The first-order valence-electron chi connectivity index (χ1n) is 10.4. The van der Waals surface area contributed by atoms with Crippen LogP contribution in [0, 0.1) is 0 Å². The molecule has 1 aromatic heterocycles. The Bertz CT molecular complexity index is 1010. The minimum absolute atomic E-state index is 0.0416. The third kappa shape index (κ3) is 4.69. The molecule has 0 spiro atoms. The second-order valence-corrected chi connectivity index (χ2v) is 7.48. The van der Waals surface area contributed by atoms with Crippen molar-refractivity contribution in [1.29, 1.82) is 0 Å². The van der Waals surface area contributed by atoms with E-state index >= 15 is 0 Å². The van der Waals surface area contributed by atoms with Crippen molar-refractivity contribution >= 4 is 16.8 Å². The number of aryl methyl sites for hydroxylation is 1. The molecule has 3 rings (SSSR count). The molecule has 0 unspecified atom stereocenters. The van der Waals surface area contributed by atoms with Gasteiger partial charge in [-0.15, -0.1) is 0 Å². The Hall–Kier alpha value is -2.76. The number of unbranched alkanes of at least 4 members (excludes halogenated alkanes) is 1. The predicted octanol–water partition coefficient (Wildman–Crippen LogP) is 6.19. The monoisotopic (exact) mass is 416 g/mol. The number of alkyl halides is 3. The van der Waals surface area contributed by atoms with E-state index in [-0.39, 0.29) is 17.9 Å². The fourth-order valence-corrected chi connectivity index (χ4v) is 3.93. The van der Waals surface area contributed by atoms with Crippen LogP contribution >= 0.6 is 0 Å². The van der Waals surface area contributed by atoms with E-state index in [2.05, 4.69) is 10.3 Å². The number of para-hydroxylation sites is 1. The van der Waals surface area contributed by atoms with Gasteiger partial charge in [-0.1, -0.05) is 56.7 Å². The summed E-state index contributed by atoms with van der Waals surface area (Å²) in [6, 6.07) is 11.4. The fraction of sp³-hybridized carbons (Fsp3) is 0.375. The normalized spacial score (nSPS) is 12.8. The molecule has 1 amide bonds. The van der Waals surface area contributed by atoms with Gasteiger partial charge in [0, 0.05) is 36.0 Å². The molecule has 160 valence electrons. The number of fused-ring (bicyclic) bond motifs is 1. The lowest BCUT2D eigenvalue weighted by Crippen LogP contribution is -2.27. The number of carbonyl (C=O) groups is 1. The van der Waals surface area contributed by atoms with Crippen molar-refractivity contribution in [3.8, 4) is 0 Å². The van der Waals surface area contributed by atoms with E-state index < -0.39 is 17.7 Å². The Kier molecular flexibility index (Phi) is 6.85. The molecule has 30 heavy (non-hydrogen) atoms. The summed E-state index contributed by atoms with van der Waals surface area (Å²) in [7, 11) is 0. The maximum Gasteiger partial charge on any atom is 0.416 e. The van der Waals surface area contributed by atoms with E-state index in [4.69, 9.17) is 0 Å². The summed E-state index contributed by atoms with van der Waals surface area (Å²) >= 11 is 0. The quantitative estimate of drug-likeness (QED) is 0.423. The van der Waals surface area contributed by atoms with Crippen LogP contribution in [0.3, 0.4) is 0 Å². The molecule has 2 N–H and O–H groups in total. The van der Waals surface area contributed by atoms with Gasteiger partial charge in [-0.25, -0.2) is 0 Å². The smallest absolute Gasteiger partial charge is 0.361 e. The van der Waals surface area contributed by atoms with E-state index in [1.54, 1.807) is 12.3 Å². The molecule has 1 atom stereocenters. The number of carbonyl (C=O) groups excluding carboxylic acids is 1. The zero-order valence-corrected chi connectivity index (χ0v) is 17.3. The van der Waals surface area contributed by atoms with Gasteiger partial charge in [0.15, 0.2) is 0 Å². The molecule has 6 heteroatoms. The highest BCUT2D eigenvalue weighted by atomic mass is 19.4. The lowest BCUT2D eigenvalue weighted by Gasteiger charge is -2.21. The number of benzene rings is 2. The standard InChI is InChI=1S/C24H27F3N2O/c1-3-5-13-28-22(30)14-19(17-10-6-7-12-21(17)24(25,26)27)20-15-29-23-16(4-2)9-8-11-18(20)23/h6-12,15,19,29H,3-5,13-14H2,1-2H3,(H,28,30)/t19-/m1/s1. The summed E-state index contributed by atoms with van der Waals surface area (Å²) in [6.45, 7) is 4.58. The van der Waals surface area contributed by atoms with E-state index in [0.29, 0.717) is 12.1 Å². The van der Waals surface area contributed by atoms with Crippen LogP contribution in [0.25, 0.3) is 10.9 Å². The molecule has 0 bridgehead atoms. The fourth-order valence-electron chi connectivity index (χ4n) is 3.93. The number of H-pyrrole nitrogens is 1. The molecule has 0 saturated carbocycles. The zero-order valence-electron chi connectivity index (χ0n) is 17.3. The second kappa shape index (κ2) is 9.37. The predicted molar refractivity (Wildman–Crippen MR) is 113 cm³/mol. The Morgan fingerprint density at radius 2 is 1.83 bits per heavy atom. The molecular formula is C24H27F3N2O. The lowest BCUT2D eigenvalue weighted by atomic mass is 9.84. The van der Waals surface area contributed by atoms with Gasteiger partial charge >= 0.3 is 6.18 Å². The largest absolute Gasteiger partial charge is 0.416 e. The van der Waals surface area contributed by atoms with Crippen molar-refractivity contribution in [1.82, 2.24) is 10.3 Å². The van der Waals surface area contributed by atoms with Crippen molar-refractivity contribution < 1.29 is 18.0 Å². The van der Waals surface area contributed by atoms with Gasteiger partial charge in [0.25, 0.3) is 0 Å². The van der Waals surface area contributed by atoms with Crippen LogP contribution in [-0.4, -0.2) is 17.4 Å². The average Bonchev–Trinajstić information content (AvgIpc) is 3.15. The van der Waals surface area contributed by atoms with Gasteiger partial charge in [0.2, 0.25) is 5.91 Å². The van der Waals surface area contributed by atoms with Crippen molar-refractivity contribution in [3.05, 3.63) is 70.9 Å². The third-order valence-electron chi connectivity index (χ3n) is 5.47. The maximum absolute atomic E-state index is 13.8. The van der Waals surface area contributed by atoms with Crippen molar-refractivity contribution in [2.45, 2.75) is 51.6 Å². The van der Waals surface area contributed by atoms with Crippen LogP contribution in [0.4, 0.5) is 13.2 Å².